The summed E-state index contributed by atoms with van der Waals surface area (Å²) in [4.78, 5) is 2.23. The van der Waals surface area contributed by atoms with Crippen LogP contribution in [0.4, 0.5) is 0 Å². The van der Waals surface area contributed by atoms with Gasteiger partial charge in [-0.1, -0.05) is 20.8 Å². The Morgan fingerprint density at radius 1 is 1.40 bits per heavy atom. The molecule has 0 saturated carbocycles. The van der Waals surface area contributed by atoms with Gasteiger partial charge in [0, 0.05) is 19.6 Å². The van der Waals surface area contributed by atoms with Gasteiger partial charge >= 0.3 is 0 Å². The van der Waals surface area contributed by atoms with E-state index in [1.165, 1.54) is 0 Å². The van der Waals surface area contributed by atoms with Crippen molar-refractivity contribution in [2.45, 2.75) is 52.2 Å². The number of hydrogen-bond acceptors (Lipinski definition) is 3. The van der Waals surface area contributed by atoms with Gasteiger partial charge in [-0.05, 0) is 25.2 Å². The van der Waals surface area contributed by atoms with Crippen LogP contribution in [0.25, 0.3) is 0 Å². The van der Waals surface area contributed by atoms with Crippen LogP contribution in [0.15, 0.2) is 0 Å². The lowest BCUT2D eigenvalue weighted by molar-refractivity contribution is 0.0399. The third-order valence-electron chi connectivity index (χ3n) is 3.25. The molecule has 2 atom stereocenters. The van der Waals surface area contributed by atoms with E-state index in [1.807, 2.05) is 6.92 Å². The zero-order valence-electron chi connectivity index (χ0n) is 10.5. The fraction of sp³-hybridized carbons (Fsp3) is 1.00. The van der Waals surface area contributed by atoms with Crippen molar-refractivity contribution in [3.63, 3.8) is 0 Å². The Morgan fingerprint density at radius 2 is 2.00 bits per heavy atom. The molecule has 0 spiro atoms. The van der Waals surface area contributed by atoms with Crippen LogP contribution in [0.1, 0.15) is 40.5 Å². The molecule has 3 heteroatoms. The second kappa shape index (κ2) is 4.40. The maximum absolute atomic E-state index is 9.89. The number of aliphatic hydroxyl groups excluding tert-OH is 1. The topological polar surface area (TPSA) is 43.7 Å². The number of rotatable bonds is 3. The van der Waals surface area contributed by atoms with Crippen LogP contribution in [-0.4, -0.2) is 46.5 Å². The van der Waals surface area contributed by atoms with E-state index < -0.39 is 5.60 Å². The van der Waals surface area contributed by atoms with Crippen LogP contribution in [-0.2, 0) is 0 Å². The molecule has 0 aromatic heterocycles. The predicted octanol–water partition coefficient (Wildman–Crippen LogP) is 1.24. The smallest absolute Gasteiger partial charge is 0.0758 e. The van der Waals surface area contributed by atoms with Crippen molar-refractivity contribution in [1.29, 1.82) is 0 Å². The van der Waals surface area contributed by atoms with Crippen molar-refractivity contribution in [2.75, 3.05) is 19.6 Å². The summed E-state index contributed by atoms with van der Waals surface area (Å²) >= 11 is 0. The lowest BCUT2D eigenvalue weighted by atomic mass is 9.87. The van der Waals surface area contributed by atoms with E-state index in [1.54, 1.807) is 0 Å². The van der Waals surface area contributed by atoms with Crippen LogP contribution in [0.2, 0.25) is 0 Å². The minimum absolute atomic E-state index is 0.0394. The molecular formula is C12H25NO2. The molecule has 2 N–H and O–H groups in total. The molecule has 2 unspecified atom stereocenters. The summed E-state index contributed by atoms with van der Waals surface area (Å²) in [5.74, 6) is 0. The summed E-state index contributed by atoms with van der Waals surface area (Å²) in [6.07, 6.45) is 1.38. The van der Waals surface area contributed by atoms with Gasteiger partial charge < -0.3 is 15.1 Å². The van der Waals surface area contributed by atoms with Gasteiger partial charge in [0.05, 0.1) is 11.7 Å². The second-order valence-corrected chi connectivity index (χ2v) is 6.19. The zero-order chi connectivity index (χ0) is 11.7. The third-order valence-corrected chi connectivity index (χ3v) is 3.25. The fourth-order valence-electron chi connectivity index (χ4n) is 1.97. The Hall–Kier alpha value is -0.120. The Kier molecular flexibility index (Phi) is 3.80. The molecule has 0 aliphatic carbocycles. The zero-order valence-corrected chi connectivity index (χ0v) is 10.5. The lowest BCUT2D eigenvalue weighted by Gasteiger charge is -2.28. The Morgan fingerprint density at radius 3 is 2.40 bits per heavy atom. The van der Waals surface area contributed by atoms with Crippen LogP contribution in [0.5, 0.6) is 0 Å². The van der Waals surface area contributed by atoms with E-state index in [2.05, 4.69) is 25.7 Å². The van der Waals surface area contributed by atoms with Crippen LogP contribution in [0.3, 0.4) is 0 Å². The molecule has 1 aliphatic rings. The molecular weight excluding hydrogens is 190 g/mol. The monoisotopic (exact) mass is 215 g/mol. The minimum atomic E-state index is -0.521. The first-order valence-corrected chi connectivity index (χ1v) is 5.83. The van der Waals surface area contributed by atoms with Gasteiger partial charge in [0.1, 0.15) is 0 Å². The average molecular weight is 215 g/mol. The van der Waals surface area contributed by atoms with E-state index in [4.69, 9.17) is 0 Å². The third kappa shape index (κ3) is 4.09. The van der Waals surface area contributed by atoms with E-state index in [9.17, 15) is 10.2 Å². The molecule has 0 bridgehead atoms. The van der Waals surface area contributed by atoms with Crippen molar-refractivity contribution in [2.24, 2.45) is 5.41 Å². The van der Waals surface area contributed by atoms with Crippen molar-refractivity contribution in [3.8, 4) is 0 Å². The molecule has 0 aromatic carbocycles. The van der Waals surface area contributed by atoms with Crippen LogP contribution in [0, 0.1) is 5.41 Å². The molecule has 3 nitrogen and oxygen atoms in total. The summed E-state index contributed by atoms with van der Waals surface area (Å²) in [5.41, 5.74) is -0.561. The fourth-order valence-corrected chi connectivity index (χ4v) is 1.97. The highest BCUT2D eigenvalue weighted by atomic mass is 16.3. The number of hydrogen-bond donors (Lipinski definition) is 2. The average Bonchev–Trinajstić information content (AvgIpc) is 2.39. The summed E-state index contributed by atoms with van der Waals surface area (Å²) in [7, 11) is 0. The first kappa shape index (κ1) is 12.9. The van der Waals surface area contributed by atoms with E-state index >= 15 is 0 Å². The Labute approximate surface area is 93.1 Å². The predicted molar refractivity (Wildman–Crippen MR) is 61.8 cm³/mol. The molecule has 0 radical (unpaired) electrons. The van der Waals surface area contributed by atoms with Crippen molar-refractivity contribution in [3.05, 3.63) is 0 Å². The SMILES string of the molecule is CC1(O)CCN(CCC(O)C(C)(C)C)C1. The highest BCUT2D eigenvalue weighted by Crippen LogP contribution is 2.24. The molecule has 15 heavy (non-hydrogen) atoms. The van der Waals surface area contributed by atoms with Gasteiger partial charge in [-0.3, -0.25) is 0 Å². The normalized spacial score (nSPS) is 30.8. The molecule has 1 heterocycles. The second-order valence-electron chi connectivity index (χ2n) is 6.19. The molecule has 0 amide bonds. The Bertz CT molecular complexity index is 208. The Balaban J connectivity index is 2.27. The van der Waals surface area contributed by atoms with Gasteiger partial charge in [0.15, 0.2) is 0 Å². The quantitative estimate of drug-likeness (QED) is 0.744. The van der Waals surface area contributed by atoms with E-state index in [0.29, 0.717) is 0 Å². The van der Waals surface area contributed by atoms with Gasteiger partial charge in [-0.25, -0.2) is 0 Å². The van der Waals surface area contributed by atoms with Gasteiger partial charge in [-0.2, -0.15) is 0 Å². The highest BCUT2D eigenvalue weighted by molar-refractivity contribution is 4.86. The number of aliphatic hydroxyl groups is 2. The molecule has 90 valence electrons. The minimum Gasteiger partial charge on any atom is -0.393 e. The van der Waals surface area contributed by atoms with Gasteiger partial charge in [0.25, 0.3) is 0 Å². The van der Waals surface area contributed by atoms with Gasteiger partial charge in [-0.15, -0.1) is 0 Å². The standard InChI is InChI=1S/C12H25NO2/c1-11(2,3)10(14)5-7-13-8-6-12(4,15)9-13/h10,14-15H,5-9H2,1-4H3. The van der Waals surface area contributed by atoms with E-state index in [0.717, 1.165) is 32.5 Å². The maximum atomic E-state index is 9.89. The van der Waals surface area contributed by atoms with E-state index in [-0.39, 0.29) is 11.5 Å². The molecule has 0 aromatic rings. The highest BCUT2D eigenvalue weighted by Gasteiger charge is 2.32. The largest absolute Gasteiger partial charge is 0.393 e. The lowest BCUT2D eigenvalue weighted by Crippen LogP contribution is -2.34. The molecule has 1 rings (SSSR count). The molecule has 1 saturated heterocycles. The van der Waals surface area contributed by atoms with Gasteiger partial charge in [0.2, 0.25) is 0 Å². The van der Waals surface area contributed by atoms with Crippen molar-refractivity contribution < 1.29 is 10.2 Å². The first-order chi connectivity index (χ1) is 6.71. The number of nitrogens with zero attached hydrogens (tertiary/aromatic N) is 1. The summed E-state index contributed by atoms with van der Waals surface area (Å²) < 4.78 is 0. The molecule has 1 fully saturated rings. The molecule has 1 aliphatic heterocycles. The summed E-state index contributed by atoms with van der Waals surface area (Å²) in [6, 6.07) is 0. The summed E-state index contributed by atoms with van der Waals surface area (Å²) in [5, 5.41) is 19.7. The number of likely N-dealkylation sites (tertiary alicyclic amines) is 1. The van der Waals surface area contributed by atoms with Crippen molar-refractivity contribution >= 4 is 0 Å². The maximum Gasteiger partial charge on any atom is 0.0758 e. The number of β-amino-alcohol motifs (C(OH)–C–C–N with tert-alkyl or cyclic N) is 1. The summed E-state index contributed by atoms with van der Waals surface area (Å²) in [6.45, 7) is 10.6. The first-order valence-electron chi connectivity index (χ1n) is 5.83. The van der Waals surface area contributed by atoms with Crippen molar-refractivity contribution in [1.82, 2.24) is 4.90 Å². The van der Waals surface area contributed by atoms with Crippen LogP contribution >= 0.6 is 0 Å². The van der Waals surface area contributed by atoms with Crippen LogP contribution < -0.4 is 0 Å².